The average Bonchev–Trinajstić information content (AvgIpc) is 2.79. The van der Waals surface area contributed by atoms with Crippen LogP contribution in [0.25, 0.3) is 0 Å². The largest absolute Gasteiger partial charge is 0.460 e. The first-order chi connectivity index (χ1) is 10.5. The number of anilines is 1. The molecule has 0 spiro atoms. The van der Waals surface area contributed by atoms with Gasteiger partial charge in [0.1, 0.15) is 6.61 Å². The standard InChI is InChI=1S/C14H15N3O4S/c1-9-8-22-14(20)17(9)6-7-21-12(18)10-2-4-11(5-3-10)16-13(15)19/h2-5,8H,6-7H2,1H3,(H3,15,16,19). The maximum absolute atomic E-state index is 11.9. The van der Waals surface area contributed by atoms with Gasteiger partial charge in [-0.05, 0) is 31.2 Å². The van der Waals surface area contributed by atoms with E-state index >= 15 is 0 Å². The van der Waals surface area contributed by atoms with Crippen LogP contribution in [0.4, 0.5) is 10.5 Å². The molecule has 7 nitrogen and oxygen atoms in total. The van der Waals surface area contributed by atoms with Gasteiger partial charge in [0.05, 0.1) is 12.1 Å². The van der Waals surface area contributed by atoms with Gasteiger partial charge in [0.25, 0.3) is 0 Å². The van der Waals surface area contributed by atoms with Gasteiger partial charge >= 0.3 is 16.9 Å². The molecule has 0 aliphatic carbocycles. The number of amides is 2. The molecule has 0 aliphatic heterocycles. The molecule has 1 heterocycles. The minimum Gasteiger partial charge on any atom is -0.460 e. The summed E-state index contributed by atoms with van der Waals surface area (Å²) in [4.78, 5) is 34.0. The van der Waals surface area contributed by atoms with E-state index < -0.39 is 12.0 Å². The highest BCUT2D eigenvalue weighted by Gasteiger charge is 2.08. The van der Waals surface area contributed by atoms with E-state index in [1.165, 1.54) is 12.1 Å². The van der Waals surface area contributed by atoms with Crippen LogP contribution in [-0.4, -0.2) is 23.2 Å². The number of rotatable bonds is 5. The summed E-state index contributed by atoms with van der Waals surface area (Å²) in [6.45, 7) is 2.25. The highest BCUT2D eigenvalue weighted by Crippen LogP contribution is 2.10. The molecule has 2 aromatic rings. The third-order valence-corrected chi connectivity index (χ3v) is 3.79. The number of aryl methyl sites for hydroxylation is 1. The molecule has 3 N–H and O–H groups in total. The first-order valence-electron chi connectivity index (χ1n) is 6.46. The van der Waals surface area contributed by atoms with Gasteiger partial charge in [0, 0.05) is 16.8 Å². The Morgan fingerprint density at radius 2 is 2.00 bits per heavy atom. The van der Waals surface area contributed by atoms with E-state index in [0.717, 1.165) is 17.0 Å². The topological polar surface area (TPSA) is 103 Å². The van der Waals surface area contributed by atoms with Gasteiger partial charge in [-0.25, -0.2) is 9.59 Å². The SMILES string of the molecule is Cc1csc(=O)n1CCOC(=O)c1ccc(NC(N)=O)cc1. The number of nitrogens with two attached hydrogens (primary N) is 1. The Bertz CT molecular complexity index is 733. The number of nitrogens with zero attached hydrogens (tertiary/aromatic N) is 1. The lowest BCUT2D eigenvalue weighted by molar-refractivity contribution is 0.0490. The second-order valence-electron chi connectivity index (χ2n) is 4.50. The monoisotopic (exact) mass is 321 g/mol. The van der Waals surface area contributed by atoms with Crippen molar-refractivity contribution in [1.29, 1.82) is 0 Å². The number of benzene rings is 1. The van der Waals surface area contributed by atoms with Gasteiger partial charge in [-0.2, -0.15) is 0 Å². The van der Waals surface area contributed by atoms with Crippen LogP contribution >= 0.6 is 11.3 Å². The summed E-state index contributed by atoms with van der Waals surface area (Å²) in [5.41, 5.74) is 6.67. The molecule has 22 heavy (non-hydrogen) atoms. The summed E-state index contributed by atoms with van der Waals surface area (Å²) in [5.74, 6) is -0.494. The lowest BCUT2D eigenvalue weighted by atomic mass is 10.2. The molecule has 2 amide bonds. The Morgan fingerprint density at radius 3 is 2.55 bits per heavy atom. The lowest BCUT2D eigenvalue weighted by Crippen LogP contribution is -2.20. The lowest BCUT2D eigenvalue weighted by Gasteiger charge is -2.07. The molecule has 0 saturated carbocycles. The number of hydrogen-bond donors (Lipinski definition) is 2. The van der Waals surface area contributed by atoms with Crippen molar-refractivity contribution < 1.29 is 14.3 Å². The zero-order valence-corrected chi connectivity index (χ0v) is 12.7. The van der Waals surface area contributed by atoms with Crippen LogP contribution in [-0.2, 0) is 11.3 Å². The van der Waals surface area contributed by atoms with Crippen molar-refractivity contribution in [2.75, 3.05) is 11.9 Å². The number of ether oxygens (including phenoxy) is 1. The third-order valence-electron chi connectivity index (χ3n) is 2.91. The van der Waals surface area contributed by atoms with Gasteiger partial charge in [0.2, 0.25) is 0 Å². The zero-order chi connectivity index (χ0) is 16.1. The van der Waals surface area contributed by atoms with Crippen LogP contribution in [0, 0.1) is 6.92 Å². The summed E-state index contributed by atoms with van der Waals surface area (Å²) >= 11 is 1.11. The first-order valence-corrected chi connectivity index (χ1v) is 7.34. The number of aromatic nitrogens is 1. The fourth-order valence-electron chi connectivity index (χ4n) is 1.82. The van der Waals surface area contributed by atoms with Crippen molar-refractivity contribution >= 4 is 29.0 Å². The van der Waals surface area contributed by atoms with Crippen LogP contribution in [0.5, 0.6) is 0 Å². The van der Waals surface area contributed by atoms with Crippen molar-refractivity contribution in [2.24, 2.45) is 5.73 Å². The quantitative estimate of drug-likeness (QED) is 0.816. The third kappa shape index (κ3) is 3.95. The smallest absolute Gasteiger partial charge is 0.338 e. The van der Waals surface area contributed by atoms with Gasteiger partial charge < -0.3 is 15.8 Å². The Balaban J connectivity index is 1.89. The fraction of sp³-hybridized carbons (Fsp3) is 0.214. The molecule has 0 atom stereocenters. The fourth-order valence-corrected chi connectivity index (χ4v) is 2.58. The molecule has 1 aromatic carbocycles. The van der Waals surface area contributed by atoms with E-state index in [-0.39, 0.29) is 11.5 Å². The first kappa shape index (κ1) is 15.8. The average molecular weight is 321 g/mol. The van der Waals surface area contributed by atoms with Crippen molar-refractivity contribution in [3.63, 3.8) is 0 Å². The minimum atomic E-state index is -0.674. The second kappa shape index (κ2) is 6.90. The van der Waals surface area contributed by atoms with Crippen molar-refractivity contribution in [3.05, 3.63) is 50.6 Å². The predicted octanol–water partition coefficient (Wildman–Crippen LogP) is 1.57. The van der Waals surface area contributed by atoms with E-state index in [4.69, 9.17) is 10.5 Å². The van der Waals surface area contributed by atoms with Crippen LogP contribution in [0.1, 0.15) is 16.1 Å². The van der Waals surface area contributed by atoms with Crippen LogP contribution in [0.15, 0.2) is 34.4 Å². The van der Waals surface area contributed by atoms with Crippen LogP contribution in [0.2, 0.25) is 0 Å². The molecule has 0 bridgehead atoms. The van der Waals surface area contributed by atoms with E-state index in [1.54, 1.807) is 22.1 Å². The highest BCUT2D eigenvalue weighted by atomic mass is 32.1. The number of esters is 1. The summed E-state index contributed by atoms with van der Waals surface area (Å²) in [6.07, 6.45) is 0. The molecular formula is C14H15N3O4S. The molecule has 0 unspecified atom stereocenters. The van der Waals surface area contributed by atoms with Crippen molar-refractivity contribution in [1.82, 2.24) is 4.57 Å². The molecule has 2 rings (SSSR count). The Labute approximate surface area is 130 Å². The van der Waals surface area contributed by atoms with Crippen LogP contribution < -0.4 is 15.9 Å². The Hall–Kier alpha value is -2.61. The number of carbonyl (C=O) groups excluding carboxylic acids is 2. The van der Waals surface area contributed by atoms with Crippen molar-refractivity contribution in [2.45, 2.75) is 13.5 Å². The second-order valence-corrected chi connectivity index (χ2v) is 5.32. The van der Waals surface area contributed by atoms with E-state index in [0.29, 0.717) is 17.8 Å². The molecule has 0 aliphatic rings. The molecule has 116 valence electrons. The van der Waals surface area contributed by atoms with E-state index in [2.05, 4.69) is 5.32 Å². The van der Waals surface area contributed by atoms with E-state index in [9.17, 15) is 14.4 Å². The molecular weight excluding hydrogens is 306 g/mol. The van der Waals surface area contributed by atoms with Gasteiger partial charge in [-0.15, -0.1) is 0 Å². The molecule has 8 heteroatoms. The van der Waals surface area contributed by atoms with E-state index in [1.807, 2.05) is 6.92 Å². The highest BCUT2D eigenvalue weighted by molar-refractivity contribution is 7.07. The summed E-state index contributed by atoms with van der Waals surface area (Å²) < 4.78 is 6.68. The zero-order valence-electron chi connectivity index (χ0n) is 11.9. The number of thiazole rings is 1. The number of carbonyl (C=O) groups is 2. The molecule has 1 aromatic heterocycles. The molecule has 0 fully saturated rings. The van der Waals surface area contributed by atoms with Gasteiger partial charge in [-0.1, -0.05) is 11.3 Å². The number of urea groups is 1. The minimum absolute atomic E-state index is 0.0737. The Kier molecular flexibility index (Phi) is 4.95. The number of hydrogen-bond acceptors (Lipinski definition) is 5. The number of primary amides is 1. The summed E-state index contributed by atoms with van der Waals surface area (Å²) in [5, 5.41) is 4.15. The molecule has 0 saturated heterocycles. The van der Waals surface area contributed by atoms with Crippen LogP contribution in [0.3, 0.4) is 0 Å². The van der Waals surface area contributed by atoms with Crippen molar-refractivity contribution in [3.8, 4) is 0 Å². The Morgan fingerprint density at radius 1 is 1.32 bits per heavy atom. The maximum atomic E-state index is 11.9. The summed E-state index contributed by atoms with van der Waals surface area (Å²) in [7, 11) is 0. The predicted molar refractivity (Wildman–Crippen MR) is 83.2 cm³/mol. The maximum Gasteiger partial charge on any atom is 0.338 e. The molecule has 0 radical (unpaired) electrons. The van der Waals surface area contributed by atoms with Gasteiger partial charge in [-0.3, -0.25) is 9.36 Å². The normalized spacial score (nSPS) is 10.2. The van der Waals surface area contributed by atoms with Gasteiger partial charge in [0.15, 0.2) is 0 Å². The summed E-state index contributed by atoms with van der Waals surface area (Å²) in [6, 6.07) is 5.47. The number of nitrogens with one attached hydrogen (secondary N) is 1.